The summed E-state index contributed by atoms with van der Waals surface area (Å²) in [6.07, 6.45) is 4.75. The van der Waals surface area contributed by atoms with Crippen molar-refractivity contribution in [2.75, 3.05) is 45.3 Å². The van der Waals surface area contributed by atoms with E-state index in [4.69, 9.17) is 9.47 Å². The van der Waals surface area contributed by atoms with Crippen LogP contribution in [0.2, 0.25) is 0 Å². The number of methoxy groups -OCH3 is 2. The minimum absolute atomic E-state index is 0.0576. The fourth-order valence-electron chi connectivity index (χ4n) is 4.59. The number of aromatic nitrogens is 2. The van der Waals surface area contributed by atoms with E-state index >= 15 is 0 Å². The highest BCUT2D eigenvalue weighted by Gasteiger charge is 2.33. The van der Waals surface area contributed by atoms with Gasteiger partial charge < -0.3 is 19.3 Å². The molecule has 1 amide bonds. The SMILES string of the molecule is COC(=O)C1CCN(C(=O)C2CCCN(c3cc(-c4ccc(OC)cc4)ncn3)C2)CC1. The van der Waals surface area contributed by atoms with Gasteiger partial charge >= 0.3 is 5.97 Å². The van der Waals surface area contributed by atoms with Gasteiger partial charge in [0.1, 0.15) is 17.9 Å². The van der Waals surface area contributed by atoms with Crippen LogP contribution in [0.1, 0.15) is 25.7 Å². The lowest BCUT2D eigenvalue weighted by Gasteiger charge is -2.37. The number of hydrogen-bond donors (Lipinski definition) is 0. The Morgan fingerprint density at radius 2 is 1.72 bits per heavy atom. The maximum absolute atomic E-state index is 13.2. The van der Waals surface area contributed by atoms with Gasteiger partial charge in [0.15, 0.2) is 0 Å². The van der Waals surface area contributed by atoms with Gasteiger partial charge in [-0.3, -0.25) is 9.59 Å². The Kier molecular flexibility index (Phi) is 6.87. The van der Waals surface area contributed by atoms with Gasteiger partial charge in [-0.2, -0.15) is 0 Å². The third kappa shape index (κ3) is 4.84. The van der Waals surface area contributed by atoms with E-state index in [0.717, 1.165) is 42.2 Å². The first kappa shape index (κ1) is 22.0. The number of carbonyl (C=O) groups excluding carboxylic acids is 2. The summed E-state index contributed by atoms with van der Waals surface area (Å²) in [7, 11) is 3.07. The van der Waals surface area contributed by atoms with E-state index in [9.17, 15) is 9.59 Å². The predicted molar refractivity (Wildman–Crippen MR) is 120 cm³/mol. The molecule has 2 aliphatic rings. The number of rotatable bonds is 5. The van der Waals surface area contributed by atoms with Gasteiger partial charge in [0.05, 0.1) is 31.7 Å². The summed E-state index contributed by atoms with van der Waals surface area (Å²) in [5.41, 5.74) is 1.84. The normalized spacial score (nSPS) is 19.5. The van der Waals surface area contributed by atoms with Crippen LogP contribution in [0.3, 0.4) is 0 Å². The summed E-state index contributed by atoms with van der Waals surface area (Å²) in [6, 6.07) is 9.76. The summed E-state index contributed by atoms with van der Waals surface area (Å²) in [4.78, 5) is 37.9. The number of carbonyl (C=O) groups is 2. The van der Waals surface area contributed by atoms with Crippen LogP contribution in [-0.4, -0.2) is 67.1 Å². The number of likely N-dealkylation sites (tertiary alicyclic amines) is 1. The first-order chi connectivity index (χ1) is 15.6. The summed E-state index contributed by atoms with van der Waals surface area (Å²) < 4.78 is 10.1. The molecule has 0 saturated carbocycles. The van der Waals surface area contributed by atoms with E-state index in [1.165, 1.54) is 7.11 Å². The number of nitrogens with zero attached hydrogens (tertiary/aromatic N) is 4. The number of piperidine rings is 2. The number of esters is 1. The third-order valence-corrected chi connectivity index (χ3v) is 6.47. The lowest BCUT2D eigenvalue weighted by atomic mass is 9.93. The number of amides is 1. The lowest BCUT2D eigenvalue weighted by Crippen LogP contribution is -2.48. The van der Waals surface area contributed by atoms with E-state index in [-0.39, 0.29) is 23.7 Å². The fraction of sp³-hybridized carbons (Fsp3) is 0.500. The molecule has 0 bridgehead atoms. The Morgan fingerprint density at radius 1 is 0.969 bits per heavy atom. The van der Waals surface area contributed by atoms with Gasteiger partial charge in [-0.15, -0.1) is 0 Å². The van der Waals surface area contributed by atoms with Crippen molar-refractivity contribution in [3.63, 3.8) is 0 Å². The number of benzene rings is 1. The summed E-state index contributed by atoms with van der Waals surface area (Å²) in [5.74, 6) is 1.51. The highest BCUT2D eigenvalue weighted by atomic mass is 16.5. The van der Waals surface area contributed by atoms with Crippen LogP contribution in [-0.2, 0) is 14.3 Å². The first-order valence-corrected chi connectivity index (χ1v) is 11.2. The van der Waals surface area contributed by atoms with Crippen LogP contribution >= 0.6 is 0 Å². The summed E-state index contributed by atoms with van der Waals surface area (Å²) in [5, 5.41) is 0. The molecule has 2 saturated heterocycles. The smallest absolute Gasteiger partial charge is 0.308 e. The number of hydrogen-bond acceptors (Lipinski definition) is 7. The average molecular weight is 439 g/mol. The second-order valence-electron chi connectivity index (χ2n) is 8.40. The van der Waals surface area contributed by atoms with Crippen molar-refractivity contribution < 1.29 is 19.1 Å². The van der Waals surface area contributed by atoms with Crippen LogP contribution < -0.4 is 9.64 Å². The maximum Gasteiger partial charge on any atom is 0.308 e. The van der Waals surface area contributed by atoms with Crippen molar-refractivity contribution >= 4 is 17.7 Å². The van der Waals surface area contributed by atoms with E-state index in [0.29, 0.717) is 32.5 Å². The van der Waals surface area contributed by atoms with Gasteiger partial charge in [-0.05, 0) is 49.9 Å². The fourth-order valence-corrected chi connectivity index (χ4v) is 4.59. The molecule has 1 aromatic heterocycles. The molecule has 0 spiro atoms. The topological polar surface area (TPSA) is 84.9 Å². The minimum atomic E-state index is -0.169. The molecule has 2 aromatic rings. The monoisotopic (exact) mass is 438 g/mol. The zero-order valence-electron chi connectivity index (χ0n) is 18.7. The molecule has 1 atom stereocenters. The lowest BCUT2D eigenvalue weighted by molar-refractivity contribution is -0.149. The Hall–Kier alpha value is -3.16. The zero-order valence-corrected chi connectivity index (χ0v) is 18.7. The molecule has 32 heavy (non-hydrogen) atoms. The molecule has 8 heteroatoms. The second-order valence-corrected chi connectivity index (χ2v) is 8.40. The molecule has 4 rings (SSSR count). The van der Waals surface area contributed by atoms with E-state index in [1.54, 1.807) is 13.4 Å². The highest BCUT2D eigenvalue weighted by molar-refractivity contribution is 5.80. The summed E-state index contributed by atoms with van der Waals surface area (Å²) >= 11 is 0. The molecule has 0 aliphatic carbocycles. The molecule has 2 fully saturated rings. The van der Waals surface area contributed by atoms with Crippen LogP contribution in [0.15, 0.2) is 36.7 Å². The standard InChI is InChI=1S/C24H30N4O4/c1-31-20-7-5-17(6-8-20)21-14-22(26-16-25-21)28-11-3-4-19(15-28)23(29)27-12-9-18(10-13-27)24(30)32-2/h5-8,14,16,18-19H,3-4,9-13,15H2,1-2H3. The molecule has 0 N–H and O–H groups in total. The Labute approximate surface area is 188 Å². The largest absolute Gasteiger partial charge is 0.497 e. The predicted octanol–water partition coefficient (Wildman–Crippen LogP) is 2.78. The Morgan fingerprint density at radius 3 is 2.41 bits per heavy atom. The molecule has 1 aromatic carbocycles. The van der Waals surface area contributed by atoms with Gasteiger partial charge in [-0.1, -0.05) is 0 Å². The second kappa shape index (κ2) is 9.97. The van der Waals surface area contributed by atoms with E-state index < -0.39 is 0 Å². The quantitative estimate of drug-likeness (QED) is 0.664. The third-order valence-electron chi connectivity index (χ3n) is 6.47. The van der Waals surface area contributed by atoms with Crippen molar-refractivity contribution in [1.82, 2.24) is 14.9 Å². The van der Waals surface area contributed by atoms with Crippen LogP contribution in [0.25, 0.3) is 11.3 Å². The van der Waals surface area contributed by atoms with Gasteiger partial charge in [0.25, 0.3) is 0 Å². The molecule has 2 aliphatic heterocycles. The van der Waals surface area contributed by atoms with E-state index in [1.807, 2.05) is 35.2 Å². The van der Waals surface area contributed by atoms with Crippen molar-refractivity contribution in [2.24, 2.45) is 11.8 Å². The van der Waals surface area contributed by atoms with Gasteiger partial charge in [0, 0.05) is 37.8 Å². The van der Waals surface area contributed by atoms with Crippen LogP contribution in [0.4, 0.5) is 5.82 Å². The minimum Gasteiger partial charge on any atom is -0.497 e. The summed E-state index contributed by atoms with van der Waals surface area (Å²) in [6.45, 7) is 2.75. The molecule has 1 unspecified atom stereocenters. The molecule has 0 radical (unpaired) electrons. The molecule has 8 nitrogen and oxygen atoms in total. The number of anilines is 1. The van der Waals surface area contributed by atoms with Crippen molar-refractivity contribution in [1.29, 1.82) is 0 Å². The maximum atomic E-state index is 13.2. The van der Waals surface area contributed by atoms with Crippen molar-refractivity contribution in [2.45, 2.75) is 25.7 Å². The Bertz CT molecular complexity index is 941. The van der Waals surface area contributed by atoms with Crippen LogP contribution in [0.5, 0.6) is 5.75 Å². The van der Waals surface area contributed by atoms with Gasteiger partial charge in [0.2, 0.25) is 5.91 Å². The van der Waals surface area contributed by atoms with Gasteiger partial charge in [-0.25, -0.2) is 9.97 Å². The average Bonchev–Trinajstić information content (AvgIpc) is 2.88. The highest BCUT2D eigenvalue weighted by Crippen LogP contribution is 2.28. The molecule has 170 valence electrons. The van der Waals surface area contributed by atoms with Crippen molar-refractivity contribution in [3.05, 3.63) is 36.7 Å². The van der Waals surface area contributed by atoms with Crippen LogP contribution in [0, 0.1) is 11.8 Å². The zero-order chi connectivity index (χ0) is 22.5. The molecular formula is C24H30N4O4. The molecule has 3 heterocycles. The Balaban J connectivity index is 1.40. The van der Waals surface area contributed by atoms with E-state index in [2.05, 4.69) is 14.9 Å². The number of ether oxygens (including phenoxy) is 2. The molecular weight excluding hydrogens is 408 g/mol. The van der Waals surface area contributed by atoms with Crippen molar-refractivity contribution in [3.8, 4) is 17.0 Å². The first-order valence-electron chi connectivity index (χ1n) is 11.2.